The van der Waals surface area contributed by atoms with Crippen LogP contribution in [0.1, 0.15) is 43.2 Å². The summed E-state index contributed by atoms with van der Waals surface area (Å²) in [5, 5.41) is 3.71. The maximum Gasteiger partial charge on any atom is 0.304 e. The molecular formula is C32H39ClN4O4S. The summed E-state index contributed by atoms with van der Waals surface area (Å²) in [6.45, 7) is -0.396. The minimum absolute atomic E-state index is 0.0441. The van der Waals surface area contributed by atoms with Crippen LogP contribution in [0.4, 0.5) is 5.69 Å². The lowest BCUT2D eigenvalue weighted by Crippen LogP contribution is -2.55. The lowest BCUT2D eigenvalue weighted by atomic mass is 9.94. The number of carbonyl (C=O) groups is 2. The van der Waals surface area contributed by atoms with Crippen molar-refractivity contribution in [3.8, 4) is 0 Å². The lowest BCUT2D eigenvalue weighted by molar-refractivity contribution is -0.140. The zero-order valence-electron chi connectivity index (χ0n) is 24.2. The molecule has 0 unspecified atom stereocenters. The van der Waals surface area contributed by atoms with Crippen LogP contribution in [0.5, 0.6) is 0 Å². The van der Waals surface area contributed by atoms with Gasteiger partial charge in [-0.25, -0.2) is 4.31 Å². The molecule has 2 amide bonds. The smallest absolute Gasteiger partial charge is 0.304 e. The second-order valence-electron chi connectivity index (χ2n) is 10.8. The Balaban J connectivity index is 1.74. The molecule has 10 heteroatoms. The zero-order valence-corrected chi connectivity index (χ0v) is 25.7. The fourth-order valence-corrected chi connectivity index (χ4v) is 6.51. The number of anilines is 1. The van der Waals surface area contributed by atoms with Crippen molar-refractivity contribution in [3.05, 3.63) is 101 Å². The molecule has 42 heavy (non-hydrogen) atoms. The Morgan fingerprint density at radius 1 is 0.881 bits per heavy atom. The largest absolute Gasteiger partial charge is 0.352 e. The van der Waals surface area contributed by atoms with Gasteiger partial charge in [-0.15, -0.1) is 0 Å². The molecule has 0 heterocycles. The van der Waals surface area contributed by atoms with Crippen LogP contribution < -0.4 is 9.62 Å². The first kappa shape index (κ1) is 31.5. The second-order valence-corrected chi connectivity index (χ2v) is 13.3. The van der Waals surface area contributed by atoms with Crippen LogP contribution >= 0.6 is 11.6 Å². The van der Waals surface area contributed by atoms with Gasteiger partial charge in [-0.1, -0.05) is 91.5 Å². The molecule has 0 aromatic heterocycles. The number of rotatable bonds is 12. The van der Waals surface area contributed by atoms with Crippen molar-refractivity contribution in [1.29, 1.82) is 0 Å². The highest BCUT2D eigenvalue weighted by Crippen LogP contribution is 2.23. The van der Waals surface area contributed by atoms with Crippen molar-refractivity contribution >= 4 is 39.3 Å². The molecule has 1 atom stereocenters. The van der Waals surface area contributed by atoms with Crippen molar-refractivity contribution in [2.75, 3.05) is 24.9 Å². The van der Waals surface area contributed by atoms with Gasteiger partial charge < -0.3 is 10.2 Å². The van der Waals surface area contributed by atoms with Crippen LogP contribution in [0.3, 0.4) is 0 Å². The molecule has 0 aliphatic heterocycles. The third kappa shape index (κ3) is 8.33. The van der Waals surface area contributed by atoms with Gasteiger partial charge in [-0.2, -0.15) is 12.7 Å². The predicted octanol–water partition coefficient (Wildman–Crippen LogP) is 5.04. The summed E-state index contributed by atoms with van der Waals surface area (Å²) in [5.74, 6) is -0.744. The Labute approximate surface area is 254 Å². The average Bonchev–Trinajstić information content (AvgIpc) is 2.99. The molecule has 1 saturated carbocycles. The molecule has 4 rings (SSSR count). The average molecular weight is 611 g/mol. The molecular weight excluding hydrogens is 572 g/mol. The molecule has 1 aliphatic rings. The normalized spacial score (nSPS) is 14.8. The van der Waals surface area contributed by atoms with Gasteiger partial charge in [0.25, 0.3) is 0 Å². The van der Waals surface area contributed by atoms with Gasteiger partial charge in [0.05, 0.1) is 5.69 Å². The first-order valence-corrected chi connectivity index (χ1v) is 16.1. The number of amides is 2. The molecule has 1 N–H and O–H groups in total. The molecule has 1 fully saturated rings. The Morgan fingerprint density at radius 3 is 2.12 bits per heavy atom. The molecule has 8 nitrogen and oxygen atoms in total. The fourth-order valence-electron chi connectivity index (χ4n) is 5.24. The summed E-state index contributed by atoms with van der Waals surface area (Å²) < 4.78 is 29.0. The Morgan fingerprint density at radius 2 is 1.50 bits per heavy atom. The van der Waals surface area contributed by atoms with Crippen LogP contribution in [0.15, 0.2) is 84.9 Å². The Hall–Kier alpha value is -3.40. The molecule has 0 bridgehead atoms. The standard InChI is InChI=1S/C32H39ClN4O4S/c1-35(2)42(40,41)37(29-19-10-5-11-20-29)24-31(38)36(23-26-15-12-16-27(33)21-26)30(22-25-13-6-3-7-14-25)32(39)34-28-17-8-4-9-18-28/h3,5-7,10-16,19-21,28,30H,4,8-9,17-18,22-24H2,1-2H3,(H,34,39)/t30-/m0/s1. The molecule has 224 valence electrons. The molecule has 0 saturated heterocycles. The number of halogens is 1. The van der Waals surface area contributed by atoms with Gasteiger partial charge >= 0.3 is 10.2 Å². The number of hydrogen-bond acceptors (Lipinski definition) is 4. The fraction of sp³-hybridized carbons (Fsp3) is 0.375. The molecule has 0 radical (unpaired) electrons. The van der Waals surface area contributed by atoms with Crippen LogP contribution in [0.25, 0.3) is 0 Å². The topological polar surface area (TPSA) is 90.0 Å². The van der Waals surface area contributed by atoms with E-state index in [0.717, 1.165) is 51.8 Å². The maximum atomic E-state index is 14.3. The number of para-hydroxylation sites is 1. The summed E-state index contributed by atoms with van der Waals surface area (Å²) in [6, 6.07) is 24.4. The van der Waals surface area contributed by atoms with E-state index in [-0.39, 0.29) is 24.9 Å². The van der Waals surface area contributed by atoms with Crippen molar-refractivity contribution in [1.82, 2.24) is 14.5 Å². The van der Waals surface area contributed by atoms with Gasteiger partial charge in [0, 0.05) is 38.1 Å². The van der Waals surface area contributed by atoms with Crippen LogP contribution in [0, 0.1) is 0 Å². The van der Waals surface area contributed by atoms with Crippen molar-refractivity contribution in [2.45, 2.75) is 57.2 Å². The summed E-state index contributed by atoms with van der Waals surface area (Å²) >= 11 is 6.29. The van der Waals surface area contributed by atoms with Crippen LogP contribution in [0.2, 0.25) is 5.02 Å². The molecule has 1 aliphatic carbocycles. The Kier molecular flexibility index (Phi) is 11.0. The van der Waals surface area contributed by atoms with E-state index in [9.17, 15) is 18.0 Å². The minimum Gasteiger partial charge on any atom is -0.352 e. The van der Waals surface area contributed by atoms with Gasteiger partial charge in [-0.05, 0) is 48.2 Å². The highest BCUT2D eigenvalue weighted by atomic mass is 35.5. The van der Waals surface area contributed by atoms with Crippen LogP contribution in [-0.2, 0) is 32.8 Å². The van der Waals surface area contributed by atoms with E-state index in [4.69, 9.17) is 11.6 Å². The van der Waals surface area contributed by atoms with E-state index in [0.29, 0.717) is 10.7 Å². The third-order valence-corrected chi connectivity index (χ3v) is 9.58. The lowest BCUT2D eigenvalue weighted by Gasteiger charge is -2.35. The van der Waals surface area contributed by atoms with Crippen molar-refractivity contribution in [3.63, 3.8) is 0 Å². The third-order valence-electron chi connectivity index (χ3n) is 7.53. The molecule has 3 aromatic carbocycles. The van der Waals surface area contributed by atoms with E-state index in [2.05, 4.69) is 5.32 Å². The SMILES string of the molecule is CN(C)S(=O)(=O)N(CC(=O)N(Cc1cccc(Cl)c1)[C@@H](Cc1ccccc1)C(=O)NC1CCCCC1)c1ccccc1. The van der Waals surface area contributed by atoms with Gasteiger partial charge in [-0.3, -0.25) is 9.59 Å². The maximum absolute atomic E-state index is 14.3. The summed E-state index contributed by atoms with van der Waals surface area (Å²) in [6.07, 6.45) is 5.32. The number of nitrogens with zero attached hydrogens (tertiary/aromatic N) is 3. The van der Waals surface area contributed by atoms with Gasteiger partial charge in [0.1, 0.15) is 12.6 Å². The monoisotopic (exact) mass is 610 g/mol. The van der Waals surface area contributed by atoms with E-state index in [1.807, 2.05) is 36.4 Å². The number of nitrogens with one attached hydrogen (secondary N) is 1. The molecule has 0 spiro atoms. The number of carbonyl (C=O) groups excluding carboxylic acids is 2. The zero-order chi connectivity index (χ0) is 30.1. The number of benzene rings is 3. The van der Waals surface area contributed by atoms with E-state index < -0.39 is 28.7 Å². The quantitative estimate of drug-likeness (QED) is 0.311. The van der Waals surface area contributed by atoms with Gasteiger partial charge in [0.2, 0.25) is 11.8 Å². The Bertz CT molecular complexity index is 1430. The highest BCUT2D eigenvalue weighted by Gasteiger charge is 2.35. The molecule has 3 aromatic rings. The highest BCUT2D eigenvalue weighted by molar-refractivity contribution is 7.90. The van der Waals surface area contributed by atoms with Crippen molar-refractivity contribution in [2.24, 2.45) is 0 Å². The first-order valence-electron chi connectivity index (χ1n) is 14.3. The number of hydrogen-bond donors (Lipinski definition) is 1. The second kappa shape index (κ2) is 14.7. The predicted molar refractivity (Wildman–Crippen MR) is 167 cm³/mol. The summed E-state index contributed by atoms with van der Waals surface area (Å²) in [5.41, 5.74) is 1.99. The summed E-state index contributed by atoms with van der Waals surface area (Å²) in [7, 11) is -1.18. The summed E-state index contributed by atoms with van der Waals surface area (Å²) in [4.78, 5) is 29.8. The first-order chi connectivity index (χ1) is 20.1. The minimum atomic E-state index is -4.03. The van der Waals surface area contributed by atoms with E-state index in [1.54, 1.807) is 48.5 Å². The van der Waals surface area contributed by atoms with Gasteiger partial charge in [0.15, 0.2) is 0 Å². The van der Waals surface area contributed by atoms with Crippen molar-refractivity contribution < 1.29 is 18.0 Å². The van der Waals surface area contributed by atoms with E-state index in [1.165, 1.54) is 19.0 Å². The van der Waals surface area contributed by atoms with E-state index >= 15 is 0 Å². The van der Waals surface area contributed by atoms with Crippen LogP contribution in [-0.4, -0.2) is 62.2 Å².